The number of rotatable bonds is 7. The van der Waals surface area contributed by atoms with Crippen LogP contribution < -0.4 is 21.3 Å². The van der Waals surface area contributed by atoms with Crippen molar-refractivity contribution < 1.29 is 23.5 Å². The number of carbonyl (C=O) groups excluding carboxylic acids is 3. The van der Waals surface area contributed by atoms with Crippen molar-refractivity contribution in [3.8, 4) is 0 Å². The van der Waals surface area contributed by atoms with Gasteiger partial charge in [-0.1, -0.05) is 36.4 Å². The van der Waals surface area contributed by atoms with E-state index in [1.54, 1.807) is 23.1 Å². The molecule has 0 unspecified atom stereocenters. The Bertz CT molecular complexity index is 1400. The number of nitrogens with two attached hydrogens (primary N) is 1. The number of benzene rings is 3. The normalized spacial score (nSPS) is 18.7. The van der Waals surface area contributed by atoms with E-state index in [1.807, 2.05) is 41.3 Å². The lowest BCUT2D eigenvalue weighted by Crippen LogP contribution is -2.49. The third kappa shape index (κ3) is 7.44. The Morgan fingerprint density at radius 2 is 1.60 bits per heavy atom. The molecule has 1 saturated heterocycles. The molecule has 1 saturated carbocycles. The molecule has 3 aromatic rings. The van der Waals surface area contributed by atoms with Crippen molar-refractivity contribution >= 4 is 29.3 Å². The summed E-state index contributed by atoms with van der Waals surface area (Å²) in [4.78, 5) is 42.6. The van der Waals surface area contributed by atoms with Gasteiger partial charge in [0.05, 0.1) is 11.4 Å². The molecule has 5 rings (SSSR count). The van der Waals surface area contributed by atoms with Gasteiger partial charge in [0.2, 0.25) is 0 Å². The summed E-state index contributed by atoms with van der Waals surface area (Å²) < 4.78 is 19.1. The fraction of sp³-hybridized carbons (Fsp3) is 0.344. The molecule has 2 fully saturated rings. The van der Waals surface area contributed by atoms with Gasteiger partial charge in [-0.05, 0) is 67.6 Å². The van der Waals surface area contributed by atoms with Gasteiger partial charge in [0.1, 0.15) is 12.4 Å². The number of anilines is 2. The molecule has 1 aliphatic heterocycles. The van der Waals surface area contributed by atoms with Crippen molar-refractivity contribution in [2.75, 3.05) is 36.4 Å². The number of halogens is 1. The van der Waals surface area contributed by atoms with Crippen LogP contribution in [0, 0.1) is 5.82 Å². The van der Waals surface area contributed by atoms with Crippen LogP contribution >= 0.6 is 0 Å². The van der Waals surface area contributed by atoms with Gasteiger partial charge in [0, 0.05) is 49.4 Å². The van der Waals surface area contributed by atoms with E-state index < -0.39 is 11.9 Å². The number of hydrogen-bond acceptors (Lipinski definition) is 6. The van der Waals surface area contributed by atoms with E-state index in [1.165, 1.54) is 18.2 Å². The first-order valence-electron chi connectivity index (χ1n) is 14.3. The zero-order valence-electron chi connectivity index (χ0n) is 23.4. The first kappa shape index (κ1) is 29.1. The highest BCUT2D eigenvalue weighted by molar-refractivity contribution is 5.99. The molecule has 4 N–H and O–H groups in total. The molecule has 0 spiro atoms. The molecule has 3 aromatic carbocycles. The van der Waals surface area contributed by atoms with Gasteiger partial charge in [-0.25, -0.2) is 9.18 Å². The lowest BCUT2D eigenvalue weighted by atomic mass is 9.91. The topological polar surface area (TPSA) is 117 Å². The minimum Gasteiger partial charge on any atom is -0.444 e. The van der Waals surface area contributed by atoms with Crippen LogP contribution in [0.3, 0.4) is 0 Å². The van der Waals surface area contributed by atoms with Crippen LogP contribution in [0.2, 0.25) is 0 Å². The van der Waals surface area contributed by atoms with E-state index in [4.69, 9.17) is 10.5 Å². The molecule has 0 aromatic heterocycles. The van der Waals surface area contributed by atoms with Gasteiger partial charge < -0.3 is 25.6 Å². The largest absolute Gasteiger partial charge is 0.444 e. The molecule has 0 atom stereocenters. The number of nitrogens with one attached hydrogen (secondary N) is 2. The molecule has 2 aliphatic rings. The minimum atomic E-state index is -0.640. The van der Waals surface area contributed by atoms with Crippen molar-refractivity contribution in [2.24, 2.45) is 5.73 Å². The Morgan fingerprint density at radius 3 is 2.31 bits per heavy atom. The van der Waals surface area contributed by atoms with Gasteiger partial charge in [-0.3, -0.25) is 14.9 Å². The van der Waals surface area contributed by atoms with E-state index in [0.717, 1.165) is 31.2 Å². The van der Waals surface area contributed by atoms with Gasteiger partial charge in [-0.15, -0.1) is 0 Å². The number of piperazine rings is 1. The summed E-state index contributed by atoms with van der Waals surface area (Å²) in [6.07, 6.45) is 2.77. The monoisotopic (exact) mass is 573 g/mol. The fourth-order valence-corrected chi connectivity index (χ4v) is 5.41. The van der Waals surface area contributed by atoms with E-state index in [0.29, 0.717) is 48.7 Å². The Labute approximate surface area is 244 Å². The van der Waals surface area contributed by atoms with Gasteiger partial charge in [0.15, 0.2) is 0 Å². The van der Waals surface area contributed by atoms with Crippen LogP contribution in [0.15, 0.2) is 72.8 Å². The first-order valence-corrected chi connectivity index (χ1v) is 14.3. The standard InChI is InChI=1S/C32H36FN5O4/c33-25-8-4-7-24(19-25)31(40)38-17-15-37(16-18-38)29-14-9-23(30(39)35-27-12-10-26(34)11-13-27)20-28(29)36-32(41)42-21-22-5-2-1-3-6-22/h1-9,14,19-20,26-27H,10-13,15-18,21,34H2,(H,35,39)(H,36,41). The molecule has 0 radical (unpaired) electrons. The van der Waals surface area contributed by atoms with Crippen LogP contribution in [0.25, 0.3) is 0 Å². The Kier molecular flexibility index (Phi) is 9.33. The van der Waals surface area contributed by atoms with Crippen molar-refractivity contribution in [3.63, 3.8) is 0 Å². The average molecular weight is 574 g/mol. The molecular formula is C32H36FN5O4. The summed E-state index contributed by atoms with van der Waals surface area (Å²) in [7, 11) is 0. The van der Waals surface area contributed by atoms with Crippen LogP contribution in [0.1, 0.15) is 52.0 Å². The Morgan fingerprint density at radius 1 is 0.857 bits per heavy atom. The lowest BCUT2D eigenvalue weighted by molar-refractivity contribution is 0.0746. The van der Waals surface area contributed by atoms with Crippen molar-refractivity contribution in [1.29, 1.82) is 0 Å². The van der Waals surface area contributed by atoms with Crippen LogP contribution in [-0.4, -0.2) is 61.1 Å². The lowest BCUT2D eigenvalue weighted by Gasteiger charge is -2.37. The molecule has 3 amide bonds. The summed E-state index contributed by atoms with van der Waals surface area (Å²) in [6.45, 7) is 1.91. The highest BCUT2D eigenvalue weighted by atomic mass is 19.1. The van der Waals surface area contributed by atoms with E-state index in [-0.39, 0.29) is 30.5 Å². The first-order chi connectivity index (χ1) is 20.4. The third-order valence-electron chi connectivity index (χ3n) is 7.79. The summed E-state index contributed by atoms with van der Waals surface area (Å²) in [5.74, 6) is -0.897. The van der Waals surface area contributed by atoms with Gasteiger partial charge >= 0.3 is 6.09 Å². The second kappa shape index (κ2) is 13.5. The number of nitrogens with zero attached hydrogens (tertiary/aromatic N) is 2. The molecule has 9 nitrogen and oxygen atoms in total. The molecule has 42 heavy (non-hydrogen) atoms. The second-order valence-electron chi connectivity index (χ2n) is 10.8. The van der Waals surface area contributed by atoms with E-state index in [9.17, 15) is 18.8 Å². The van der Waals surface area contributed by atoms with Gasteiger partial charge in [-0.2, -0.15) is 0 Å². The van der Waals surface area contributed by atoms with E-state index >= 15 is 0 Å². The highest BCUT2D eigenvalue weighted by Gasteiger charge is 2.26. The summed E-state index contributed by atoms with van der Waals surface area (Å²) in [5.41, 5.74) is 8.75. The van der Waals surface area contributed by atoms with Crippen molar-refractivity contribution in [2.45, 2.75) is 44.4 Å². The Hall–Kier alpha value is -4.44. The number of carbonyl (C=O) groups is 3. The molecular weight excluding hydrogens is 537 g/mol. The molecule has 1 heterocycles. The smallest absolute Gasteiger partial charge is 0.412 e. The molecule has 220 valence electrons. The summed E-state index contributed by atoms with van der Waals surface area (Å²) in [6, 6.07) is 20.5. The zero-order chi connectivity index (χ0) is 29.5. The fourth-order valence-electron chi connectivity index (χ4n) is 5.41. The number of hydrogen-bond donors (Lipinski definition) is 3. The number of amides is 3. The van der Waals surface area contributed by atoms with Crippen molar-refractivity contribution in [1.82, 2.24) is 10.2 Å². The molecule has 1 aliphatic carbocycles. The minimum absolute atomic E-state index is 0.0629. The maximum absolute atomic E-state index is 13.7. The van der Waals surface area contributed by atoms with E-state index in [2.05, 4.69) is 10.6 Å². The van der Waals surface area contributed by atoms with Crippen LogP contribution in [0.4, 0.5) is 20.6 Å². The second-order valence-corrected chi connectivity index (χ2v) is 10.8. The van der Waals surface area contributed by atoms with Crippen LogP contribution in [0.5, 0.6) is 0 Å². The molecule has 0 bridgehead atoms. The summed E-state index contributed by atoms with van der Waals surface area (Å²) in [5, 5.41) is 5.92. The SMILES string of the molecule is NC1CCC(NC(=O)c2ccc(N3CCN(C(=O)c4cccc(F)c4)CC3)c(NC(=O)OCc3ccccc3)c2)CC1. The zero-order valence-corrected chi connectivity index (χ0v) is 23.4. The maximum atomic E-state index is 13.7. The quantitative estimate of drug-likeness (QED) is 0.382. The predicted octanol–water partition coefficient (Wildman–Crippen LogP) is 4.54. The van der Waals surface area contributed by atoms with Crippen molar-refractivity contribution in [3.05, 3.63) is 95.3 Å². The van der Waals surface area contributed by atoms with Crippen LogP contribution in [-0.2, 0) is 11.3 Å². The third-order valence-corrected chi connectivity index (χ3v) is 7.79. The summed E-state index contributed by atoms with van der Waals surface area (Å²) >= 11 is 0. The highest BCUT2D eigenvalue weighted by Crippen LogP contribution is 2.29. The average Bonchev–Trinajstić information content (AvgIpc) is 3.01. The Balaban J connectivity index is 1.29. The maximum Gasteiger partial charge on any atom is 0.412 e. The van der Waals surface area contributed by atoms with Gasteiger partial charge in [0.25, 0.3) is 11.8 Å². The number of ether oxygens (including phenoxy) is 1. The molecule has 10 heteroatoms. The predicted molar refractivity (Wildman–Crippen MR) is 159 cm³/mol.